The number of carboxylic acids is 1. The van der Waals surface area contributed by atoms with Gasteiger partial charge in [-0.25, -0.2) is 4.68 Å². The molecule has 1 N–H and O–H groups in total. The second-order valence-corrected chi connectivity index (χ2v) is 5.93. The van der Waals surface area contributed by atoms with Crippen molar-refractivity contribution < 1.29 is 27.9 Å². The van der Waals surface area contributed by atoms with Crippen LogP contribution in [0.4, 0.5) is 13.2 Å². The third-order valence-corrected chi connectivity index (χ3v) is 3.70. The molecule has 1 aromatic carbocycles. The fraction of sp³-hybridized carbons (Fsp3) is 0.353. The molecule has 0 aliphatic rings. The normalized spacial score (nSPS) is 11.6. The van der Waals surface area contributed by atoms with Gasteiger partial charge in [-0.15, -0.1) is 0 Å². The van der Waals surface area contributed by atoms with E-state index in [-0.39, 0.29) is 30.4 Å². The molecule has 1 heterocycles. The molecule has 0 aliphatic carbocycles. The van der Waals surface area contributed by atoms with E-state index in [0.717, 1.165) is 12.1 Å². The van der Waals surface area contributed by atoms with E-state index in [1.54, 1.807) is 13.8 Å². The van der Waals surface area contributed by atoms with E-state index in [9.17, 15) is 22.8 Å². The number of rotatable bonds is 6. The van der Waals surface area contributed by atoms with Crippen LogP contribution in [0, 0.1) is 0 Å². The Morgan fingerprint density at radius 2 is 1.96 bits per heavy atom. The molecule has 0 radical (unpaired) electrons. The number of hydrogen-bond donors (Lipinski definition) is 1. The second kappa shape index (κ2) is 7.59. The first-order valence-electron chi connectivity index (χ1n) is 7.85. The van der Waals surface area contributed by atoms with Crippen molar-refractivity contribution in [1.82, 2.24) is 14.7 Å². The summed E-state index contributed by atoms with van der Waals surface area (Å²) in [7, 11) is 0. The van der Waals surface area contributed by atoms with Crippen LogP contribution in [0.5, 0.6) is 0 Å². The predicted octanol–water partition coefficient (Wildman–Crippen LogP) is 3.22. The molecule has 0 aliphatic heterocycles. The van der Waals surface area contributed by atoms with Gasteiger partial charge in [-0.2, -0.15) is 18.3 Å². The van der Waals surface area contributed by atoms with Crippen molar-refractivity contribution >= 4 is 11.9 Å². The van der Waals surface area contributed by atoms with Crippen LogP contribution in [-0.4, -0.2) is 44.3 Å². The molecule has 2 aromatic rings. The highest BCUT2D eigenvalue weighted by Crippen LogP contribution is 2.30. The summed E-state index contributed by atoms with van der Waals surface area (Å²) in [6.07, 6.45) is -3.30. The second-order valence-electron chi connectivity index (χ2n) is 5.93. The first-order chi connectivity index (χ1) is 12.1. The Kier molecular flexibility index (Phi) is 5.69. The minimum absolute atomic E-state index is 0.0161. The van der Waals surface area contributed by atoms with Gasteiger partial charge in [-0.05, 0) is 38.1 Å². The van der Waals surface area contributed by atoms with Crippen molar-refractivity contribution in [1.29, 1.82) is 0 Å². The van der Waals surface area contributed by atoms with Gasteiger partial charge in [0.1, 0.15) is 0 Å². The highest BCUT2D eigenvalue weighted by molar-refractivity contribution is 5.92. The Balaban J connectivity index is 2.25. The quantitative estimate of drug-likeness (QED) is 0.848. The zero-order valence-electron chi connectivity index (χ0n) is 14.2. The third kappa shape index (κ3) is 4.62. The van der Waals surface area contributed by atoms with E-state index in [4.69, 9.17) is 5.11 Å². The van der Waals surface area contributed by atoms with E-state index in [1.807, 2.05) is 0 Å². The van der Waals surface area contributed by atoms with Crippen molar-refractivity contribution in [2.24, 2.45) is 0 Å². The molecule has 6 nitrogen and oxygen atoms in total. The molecule has 0 unspecified atom stereocenters. The molecule has 1 aromatic heterocycles. The van der Waals surface area contributed by atoms with Gasteiger partial charge in [0.2, 0.25) is 0 Å². The van der Waals surface area contributed by atoms with E-state index >= 15 is 0 Å². The van der Waals surface area contributed by atoms with E-state index < -0.39 is 23.6 Å². The van der Waals surface area contributed by atoms with Crippen LogP contribution in [0.1, 0.15) is 36.3 Å². The molecule has 0 bridgehead atoms. The number of aromatic nitrogens is 2. The first kappa shape index (κ1) is 19.5. The number of amides is 1. The molecule has 26 heavy (non-hydrogen) atoms. The van der Waals surface area contributed by atoms with Crippen molar-refractivity contribution in [3.8, 4) is 5.69 Å². The van der Waals surface area contributed by atoms with Crippen molar-refractivity contribution in [2.75, 3.05) is 6.54 Å². The topological polar surface area (TPSA) is 75.4 Å². The lowest BCUT2D eigenvalue weighted by molar-refractivity contribution is -0.138. The molecular weight excluding hydrogens is 351 g/mol. The highest BCUT2D eigenvalue weighted by Gasteiger charge is 2.30. The Bertz CT molecular complexity index is 800. The number of aliphatic carboxylic acids is 1. The lowest BCUT2D eigenvalue weighted by Crippen LogP contribution is -2.38. The van der Waals surface area contributed by atoms with Crippen LogP contribution in [-0.2, 0) is 11.0 Å². The summed E-state index contributed by atoms with van der Waals surface area (Å²) in [5, 5.41) is 12.8. The van der Waals surface area contributed by atoms with Crippen molar-refractivity contribution in [3.05, 3.63) is 47.8 Å². The molecule has 0 atom stereocenters. The van der Waals surface area contributed by atoms with Gasteiger partial charge in [0.05, 0.1) is 17.7 Å². The van der Waals surface area contributed by atoms with E-state index in [2.05, 4.69) is 5.10 Å². The molecule has 0 spiro atoms. The standard InChI is InChI=1S/C17H18F3N3O3/c1-11(2)22(8-7-15(24)25)16(26)14-6-9-23(21-14)13-5-3-4-12(10-13)17(18,19)20/h3-6,9-11H,7-8H2,1-2H3,(H,24,25). The summed E-state index contributed by atoms with van der Waals surface area (Å²) in [5.74, 6) is -1.51. The van der Waals surface area contributed by atoms with Gasteiger partial charge in [0.25, 0.3) is 5.91 Å². The molecule has 1 amide bonds. The average molecular weight is 369 g/mol. The highest BCUT2D eigenvalue weighted by atomic mass is 19.4. The number of benzene rings is 1. The average Bonchev–Trinajstić information content (AvgIpc) is 3.03. The van der Waals surface area contributed by atoms with Crippen LogP contribution < -0.4 is 0 Å². The molecular formula is C17H18F3N3O3. The van der Waals surface area contributed by atoms with Gasteiger partial charge in [0, 0.05) is 18.8 Å². The maximum Gasteiger partial charge on any atom is 0.416 e. The number of carbonyl (C=O) groups is 2. The minimum atomic E-state index is -4.48. The maximum absolute atomic E-state index is 12.8. The van der Waals surface area contributed by atoms with Crippen LogP contribution in [0.3, 0.4) is 0 Å². The van der Waals surface area contributed by atoms with Crippen LogP contribution >= 0.6 is 0 Å². The Morgan fingerprint density at radius 1 is 1.27 bits per heavy atom. The summed E-state index contributed by atoms with van der Waals surface area (Å²) < 4.78 is 39.6. The number of alkyl halides is 3. The zero-order valence-corrected chi connectivity index (χ0v) is 14.2. The van der Waals surface area contributed by atoms with Gasteiger partial charge in [-0.1, -0.05) is 6.07 Å². The monoisotopic (exact) mass is 369 g/mol. The molecule has 9 heteroatoms. The number of carboxylic acid groups (broad SMARTS) is 1. The van der Waals surface area contributed by atoms with Crippen LogP contribution in [0.25, 0.3) is 5.69 Å². The Labute approximate surface area is 147 Å². The molecule has 140 valence electrons. The summed E-state index contributed by atoms with van der Waals surface area (Å²) >= 11 is 0. The predicted molar refractivity (Wildman–Crippen MR) is 87.0 cm³/mol. The number of nitrogens with zero attached hydrogens (tertiary/aromatic N) is 3. The van der Waals surface area contributed by atoms with Gasteiger partial charge in [0.15, 0.2) is 5.69 Å². The molecule has 2 rings (SSSR count). The Hall–Kier alpha value is -2.84. The lowest BCUT2D eigenvalue weighted by atomic mass is 10.2. The number of hydrogen-bond acceptors (Lipinski definition) is 3. The number of carbonyl (C=O) groups excluding carboxylic acids is 1. The minimum Gasteiger partial charge on any atom is -0.481 e. The molecule has 0 saturated heterocycles. The van der Waals surface area contributed by atoms with Crippen molar-refractivity contribution in [3.63, 3.8) is 0 Å². The zero-order chi connectivity index (χ0) is 19.5. The first-order valence-corrected chi connectivity index (χ1v) is 7.85. The molecule has 0 fully saturated rings. The summed E-state index contributed by atoms with van der Waals surface area (Å²) in [4.78, 5) is 24.6. The summed E-state index contributed by atoms with van der Waals surface area (Å²) in [5.41, 5.74) is -0.620. The van der Waals surface area contributed by atoms with Crippen LogP contribution in [0.2, 0.25) is 0 Å². The summed E-state index contributed by atoms with van der Waals surface area (Å²) in [6, 6.07) is 5.73. The van der Waals surface area contributed by atoms with Gasteiger partial charge >= 0.3 is 12.1 Å². The summed E-state index contributed by atoms with van der Waals surface area (Å²) in [6.45, 7) is 3.50. The van der Waals surface area contributed by atoms with Crippen molar-refractivity contribution in [2.45, 2.75) is 32.5 Å². The van der Waals surface area contributed by atoms with E-state index in [1.165, 1.54) is 34.0 Å². The van der Waals surface area contributed by atoms with Crippen LogP contribution in [0.15, 0.2) is 36.5 Å². The third-order valence-electron chi connectivity index (χ3n) is 3.70. The van der Waals surface area contributed by atoms with E-state index in [0.29, 0.717) is 0 Å². The smallest absolute Gasteiger partial charge is 0.416 e. The fourth-order valence-electron chi connectivity index (χ4n) is 2.36. The largest absolute Gasteiger partial charge is 0.481 e. The number of halogens is 3. The fourth-order valence-corrected chi connectivity index (χ4v) is 2.36. The SMILES string of the molecule is CC(C)N(CCC(=O)O)C(=O)c1ccn(-c2cccc(C(F)(F)F)c2)n1. The Morgan fingerprint density at radius 3 is 2.54 bits per heavy atom. The lowest BCUT2D eigenvalue weighted by Gasteiger charge is -2.25. The molecule has 0 saturated carbocycles. The maximum atomic E-state index is 12.8. The van der Waals surface area contributed by atoms with Gasteiger partial charge in [-0.3, -0.25) is 9.59 Å². The van der Waals surface area contributed by atoms with Gasteiger partial charge < -0.3 is 10.0 Å².